The summed E-state index contributed by atoms with van der Waals surface area (Å²) < 4.78 is 13.8. The lowest BCUT2D eigenvalue weighted by molar-refractivity contribution is 0.1000. The van der Waals surface area contributed by atoms with E-state index in [4.69, 9.17) is 10.7 Å². The van der Waals surface area contributed by atoms with Crippen LogP contribution in [0.4, 0.5) is 10.1 Å². The van der Waals surface area contributed by atoms with Crippen LogP contribution >= 0.6 is 0 Å². The Balaban J connectivity index is 1.91. The number of nitrogens with zero attached hydrogens (tertiary/aromatic N) is 2. The van der Waals surface area contributed by atoms with Crippen molar-refractivity contribution in [2.45, 2.75) is 13.5 Å². The van der Waals surface area contributed by atoms with E-state index in [-0.39, 0.29) is 5.88 Å². The van der Waals surface area contributed by atoms with Gasteiger partial charge in [0.2, 0.25) is 5.91 Å². The number of carbonyl (C=O) groups excluding carboxylic acids is 1. The molecule has 0 atom stereocenters. The minimum absolute atomic E-state index is 0.114. The number of amides is 1. The highest BCUT2D eigenvalue weighted by atomic mass is 19.1. The number of aryl methyl sites for hydroxylation is 1. The van der Waals surface area contributed by atoms with Gasteiger partial charge in [-0.25, -0.2) is 9.38 Å². The van der Waals surface area contributed by atoms with Crippen LogP contribution in [0.3, 0.4) is 0 Å². The molecule has 1 heterocycles. The maximum atomic E-state index is 13.8. The largest absolute Gasteiger partial charge is 0.494 e. The number of fused-ring (bicyclic) bond motifs is 1. The van der Waals surface area contributed by atoms with Crippen LogP contribution in [-0.4, -0.2) is 40.7 Å². The lowest BCUT2D eigenvalue weighted by Gasteiger charge is -2.12. The Kier molecular flexibility index (Phi) is 5.98. The van der Waals surface area contributed by atoms with Gasteiger partial charge in [-0.05, 0) is 74.6 Å². The molecule has 0 aliphatic carbocycles. The zero-order valence-corrected chi connectivity index (χ0v) is 18.7. The number of aromatic amines is 1. The first-order chi connectivity index (χ1) is 15.7. The number of nitrogens with two attached hydrogens (primary N) is 1. The average Bonchev–Trinajstić information content (AvgIpc) is 3.07. The molecule has 33 heavy (non-hydrogen) atoms. The molecule has 0 saturated carbocycles. The summed E-state index contributed by atoms with van der Waals surface area (Å²) in [5, 5.41) is 11.4. The molecule has 0 aliphatic rings. The molecule has 3 aromatic carbocycles. The van der Waals surface area contributed by atoms with Crippen LogP contribution in [-0.2, 0) is 6.54 Å². The molecule has 4 N–H and O–H groups in total. The molecule has 0 saturated heterocycles. The summed E-state index contributed by atoms with van der Waals surface area (Å²) >= 11 is 0. The SMILES string of the molecule is Cc1cc(C(N)=O)ccc1C(=Nc1ccc(CN(C)C)cc1)c1c(O)[nH]c2cc(F)ccc12. The molecule has 0 bridgehead atoms. The third kappa shape index (κ3) is 4.63. The van der Waals surface area contributed by atoms with E-state index in [1.54, 1.807) is 24.3 Å². The summed E-state index contributed by atoms with van der Waals surface area (Å²) in [6, 6.07) is 17.2. The Labute approximate surface area is 191 Å². The maximum Gasteiger partial charge on any atom is 0.248 e. The summed E-state index contributed by atoms with van der Waals surface area (Å²) in [7, 11) is 4.01. The summed E-state index contributed by atoms with van der Waals surface area (Å²) in [4.78, 5) is 21.4. The van der Waals surface area contributed by atoms with Gasteiger partial charge in [0, 0.05) is 23.1 Å². The Morgan fingerprint density at radius 2 is 1.82 bits per heavy atom. The number of aliphatic imine (C=N–C) groups is 1. The Hall–Kier alpha value is -3.97. The maximum absolute atomic E-state index is 13.8. The van der Waals surface area contributed by atoms with Gasteiger partial charge in [0.1, 0.15) is 5.82 Å². The van der Waals surface area contributed by atoms with E-state index in [0.717, 1.165) is 23.2 Å². The first-order valence-corrected chi connectivity index (χ1v) is 10.5. The molecular formula is C26H25FN4O2. The summed E-state index contributed by atoms with van der Waals surface area (Å²) in [5.41, 5.74) is 10.6. The normalized spacial score (nSPS) is 12.0. The zero-order valence-electron chi connectivity index (χ0n) is 18.7. The molecule has 0 aliphatic heterocycles. The highest BCUT2D eigenvalue weighted by molar-refractivity contribution is 6.22. The average molecular weight is 445 g/mol. The first kappa shape index (κ1) is 22.2. The van der Waals surface area contributed by atoms with Crippen molar-refractivity contribution in [1.29, 1.82) is 0 Å². The number of rotatable bonds is 6. The van der Waals surface area contributed by atoms with Crippen molar-refractivity contribution < 1.29 is 14.3 Å². The Morgan fingerprint density at radius 1 is 1.09 bits per heavy atom. The number of nitrogens with one attached hydrogen (secondary N) is 1. The lowest BCUT2D eigenvalue weighted by Crippen LogP contribution is -2.13. The predicted molar refractivity (Wildman–Crippen MR) is 129 cm³/mol. The van der Waals surface area contributed by atoms with Crippen molar-refractivity contribution in [2.75, 3.05) is 14.1 Å². The zero-order chi connectivity index (χ0) is 23.7. The van der Waals surface area contributed by atoms with Gasteiger partial charge >= 0.3 is 0 Å². The summed E-state index contributed by atoms with van der Waals surface area (Å²) in [5.74, 6) is -1.05. The van der Waals surface area contributed by atoms with Crippen LogP contribution in [0.2, 0.25) is 0 Å². The van der Waals surface area contributed by atoms with E-state index in [2.05, 4.69) is 9.88 Å². The number of hydrogen-bond donors (Lipinski definition) is 3. The standard InChI is InChI=1S/C26H25FN4O2/c1-15-12-17(25(28)32)6-10-20(15)24(29-19-8-4-16(5-9-19)14-31(2)3)23-21-11-7-18(27)13-22(21)30-26(23)33/h4-13,30,33H,14H2,1-3H3,(H2,28,32). The van der Waals surface area contributed by atoms with Gasteiger partial charge < -0.3 is 20.7 Å². The van der Waals surface area contributed by atoms with Crippen LogP contribution in [0.15, 0.2) is 65.7 Å². The second kappa shape index (κ2) is 8.88. The van der Waals surface area contributed by atoms with Gasteiger partial charge in [-0.15, -0.1) is 0 Å². The quantitative estimate of drug-likeness (QED) is 0.378. The van der Waals surface area contributed by atoms with E-state index in [1.165, 1.54) is 12.1 Å². The van der Waals surface area contributed by atoms with Gasteiger partial charge in [-0.3, -0.25) is 4.79 Å². The lowest BCUT2D eigenvalue weighted by atomic mass is 9.95. The second-order valence-corrected chi connectivity index (χ2v) is 8.30. The van der Waals surface area contributed by atoms with Crippen LogP contribution in [0.5, 0.6) is 5.88 Å². The molecule has 6 nitrogen and oxygen atoms in total. The molecule has 1 aromatic heterocycles. The highest BCUT2D eigenvalue weighted by Crippen LogP contribution is 2.33. The van der Waals surface area contributed by atoms with Crippen LogP contribution in [0.1, 0.15) is 32.6 Å². The van der Waals surface area contributed by atoms with Crippen LogP contribution < -0.4 is 5.73 Å². The van der Waals surface area contributed by atoms with E-state index >= 15 is 0 Å². The van der Waals surface area contributed by atoms with Crippen molar-refractivity contribution in [3.63, 3.8) is 0 Å². The van der Waals surface area contributed by atoms with Crippen molar-refractivity contribution in [1.82, 2.24) is 9.88 Å². The molecule has 0 spiro atoms. The molecule has 0 unspecified atom stereocenters. The number of primary amides is 1. The van der Waals surface area contributed by atoms with Gasteiger partial charge in [-0.2, -0.15) is 0 Å². The van der Waals surface area contributed by atoms with Crippen molar-refractivity contribution >= 4 is 28.2 Å². The molecule has 4 aromatic rings. The topological polar surface area (TPSA) is 94.7 Å². The molecule has 0 radical (unpaired) electrons. The van der Waals surface area contributed by atoms with Crippen molar-refractivity contribution in [3.05, 3.63) is 94.3 Å². The van der Waals surface area contributed by atoms with Gasteiger partial charge in [-0.1, -0.05) is 18.2 Å². The van der Waals surface area contributed by atoms with Crippen LogP contribution in [0, 0.1) is 12.7 Å². The number of aromatic nitrogens is 1. The Morgan fingerprint density at radius 3 is 2.45 bits per heavy atom. The summed E-state index contributed by atoms with van der Waals surface area (Å²) in [6.07, 6.45) is 0. The minimum Gasteiger partial charge on any atom is -0.494 e. The number of aromatic hydroxyl groups is 1. The highest BCUT2D eigenvalue weighted by Gasteiger charge is 2.21. The monoisotopic (exact) mass is 444 g/mol. The van der Waals surface area contributed by atoms with E-state index in [9.17, 15) is 14.3 Å². The molecule has 0 fully saturated rings. The molecule has 1 amide bonds. The third-order valence-electron chi connectivity index (χ3n) is 5.42. The first-order valence-electron chi connectivity index (χ1n) is 10.5. The fourth-order valence-corrected chi connectivity index (χ4v) is 3.90. The molecular weight excluding hydrogens is 419 g/mol. The number of hydrogen-bond acceptors (Lipinski definition) is 4. The van der Waals surface area contributed by atoms with Gasteiger partial charge in [0.05, 0.1) is 22.5 Å². The van der Waals surface area contributed by atoms with Crippen molar-refractivity contribution in [2.24, 2.45) is 10.7 Å². The molecule has 168 valence electrons. The second-order valence-electron chi connectivity index (χ2n) is 8.30. The molecule has 7 heteroatoms. The van der Waals surface area contributed by atoms with E-state index in [0.29, 0.717) is 33.4 Å². The fourth-order valence-electron chi connectivity index (χ4n) is 3.90. The van der Waals surface area contributed by atoms with Gasteiger partial charge in [0.25, 0.3) is 0 Å². The van der Waals surface area contributed by atoms with Gasteiger partial charge in [0.15, 0.2) is 5.88 Å². The minimum atomic E-state index is -0.523. The third-order valence-corrected chi connectivity index (χ3v) is 5.42. The Bertz CT molecular complexity index is 1370. The number of benzene rings is 3. The molecule has 4 rings (SSSR count). The van der Waals surface area contributed by atoms with E-state index in [1.807, 2.05) is 45.3 Å². The smallest absolute Gasteiger partial charge is 0.248 e. The fraction of sp³-hybridized carbons (Fsp3) is 0.154. The predicted octanol–water partition coefficient (Wildman–Crippen LogP) is 4.65. The summed E-state index contributed by atoms with van der Waals surface area (Å²) in [6.45, 7) is 2.66. The number of carbonyl (C=O) groups is 1. The van der Waals surface area contributed by atoms with Crippen LogP contribution in [0.25, 0.3) is 10.9 Å². The number of H-pyrrole nitrogens is 1. The number of halogens is 1. The van der Waals surface area contributed by atoms with E-state index < -0.39 is 11.7 Å². The van der Waals surface area contributed by atoms with Crippen molar-refractivity contribution in [3.8, 4) is 5.88 Å².